The Kier molecular flexibility index (Phi) is 3.86. The van der Waals surface area contributed by atoms with Crippen molar-refractivity contribution in [3.8, 4) is 0 Å². The number of anilines is 1. The van der Waals surface area contributed by atoms with Gasteiger partial charge in [-0.15, -0.1) is 0 Å². The van der Waals surface area contributed by atoms with Gasteiger partial charge in [-0.3, -0.25) is 0 Å². The van der Waals surface area contributed by atoms with Gasteiger partial charge in [-0.05, 0) is 32.0 Å². The lowest BCUT2D eigenvalue weighted by Gasteiger charge is -2.31. The number of nitrogens with one attached hydrogen (secondary N) is 1. The van der Waals surface area contributed by atoms with Crippen LogP contribution in [0.1, 0.15) is 18.1 Å². The Hall–Kier alpha value is -1.87. The van der Waals surface area contributed by atoms with Gasteiger partial charge in [0.1, 0.15) is 5.82 Å². The highest BCUT2D eigenvalue weighted by atomic mass is 19.1. The first-order valence-electron chi connectivity index (χ1n) is 6.26. The molecule has 2 rings (SSSR count). The molecule has 0 aliphatic heterocycles. The Balaban J connectivity index is 2.33. The monoisotopic (exact) mass is 259 g/mol. The molecule has 2 nitrogen and oxygen atoms in total. The molecule has 1 unspecified atom stereocenters. The van der Waals surface area contributed by atoms with Gasteiger partial charge in [-0.25, -0.2) is 4.39 Å². The maximum Gasteiger partial charge on any atom is 0.128 e. The molecule has 0 amide bonds. The summed E-state index contributed by atoms with van der Waals surface area (Å²) in [6.07, 6.45) is 0. The molecule has 0 aliphatic carbocycles. The minimum Gasteiger partial charge on any atom is -0.394 e. The summed E-state index contributed by atoms with van der Waals surface area (Å²) >= 11 is 0. The number of halogens is 1. The van der Waals surface area contributed by atoms with Gasteiger partial charge >= 0.3 is 0 Å². The molecule has 0 fully saturated rings. The lowest BCUT2D eigenvalue weighted by Crippen LogP contribution is -2.36. The van der Waals surface area contributed by atoms with Crippen LogP contribution < -0.4 is 5.32 Å². The molecular weight excluding hydrogens is 241 g/mol. The summed E-state index contributed by atoms with van der Waals surface area (Å²) in [7, 11) is 0. The summed E-state index contributed by atoms with van der Waals surface area (Å²) in [6, 6.07) is 14.3. The van der Waals surface area contributed by atoms with Crippen molar-refractivity contribution in [3.05, 3.63) is 65.5 Å². The number of aliphatic hydroxyl groups excluding tert-OH is 1. The molecule has 19 heavy (non-hydrogen) atoms. The largest absolute Gasteiger partial charge is 0.394 e. The molecule has 0 spiro atoms. The average Bonchev–Trinajstić information content (AvgIpc) is 2.42. The molecule has 0 saturated heterocycles. The number of aliphatic hydroxyl groups is 1. The maximum atomic E-state index is 13.9. The van der Waals surface area contributed by atoms with E-state index in [2.05, 4.69) is 5.32 Å². The second-order valence-electron chi connectivity index (χ2n) is 4.96. The fraction of sp³-hybridized carbons (Fsp3) is 0.250. The van der Waals surface area contributed by atoms with Crippen LogP contribution in [-0.2, 0) is 5.54 Å². The normalized spacial score (nSPS) is 13.9. The van der Waals surface area contributed by atoms with E-state index >= 15 is 0 Å². The van der Waals surface area contributed by atoms with Gasteiger partial charge in [-0.2, -0.15) is 0 Å². The topological polar surface area (TPSA) is 32.3 Å². The van der Waals surface area contributed by atoms with Crippen molar-refractivity contribution >= 4 is 5.69 Å². The summed E-state index contributed by atoms with van der Waals surface area (Å²) in [6.45, 7) is 3.60. The van der Waals surface area contributed by atoms with Gasteiger partial charge in [0.2, 0.25) is 0 Å². The van der Waals surface area contributed by atoms with Gasteiger partial charge in [0, 0.05) is 11.3 Å². The molecule has 2 aromatic rings. The number of aryl methyl sites for hydroxylation is 1. The van der Waals surface area contributed by atoms with Crippen LogP contribution in [0.2, 0.25) is 0 Å². The standard InChI is InChI=1S/C16H18FNO/c1-12-7-9-13(10-8-12)18-16(2,11-19)14-5-3-4-6-15(14)17/h3-10,18-19H,11H2,1-2H3. The molecule has 0 saturated carbocycles. The van der Waals surface area contributed by atoms with Gasteiger partial charge < -0.3 is 10.4 Å². The second kappa shape index (κ2) is 5.41. The first kappa shape index (κ1) is 13.6. The van der Waals surface area contributed by atoms with Crippen molar-refractivity contribution in [2.75, 3.05) is 11.9 Å². The highest BCUT2D eigenvalue weighted by molar-refractivity contribution is 5.49. The molecule has 100 valence electrons. The van der Waals surface area contributed by atoms with E-state index < -0.39 is 5.54 Å². The van der Waals surface area contributed by atoms with Crippen molar-refractivity contribution in [2.45, 2.75) is 19.4 Å². The summed E-state index contributed by atoms with van der Waals surface area (Å²) in [5.74, 6) is -0.321. The summed E-state index contributed by atoms with van der Waals surface area (Å²) in [5, 5.41) is 12.8. The molecular formula is C16H18FNO. The molecule has 3 heteroatoms. The predicted molar refractivity (Wildman–Crippen MR) is 75.6 cm³/mol. The van der Waals surface area contributed by atoms with E-state index in [1.807, 2.05) is 31.2 Å². The Morgan fingerprint density at radius 2 is 1.74 bits per heavy atom. The Morgan fingerprint density at radius 3 is 2.32 bits per heavy atom. The third-order valence-corrected chi connectivity index (χ3v) is 3.26. The fourth-order valence-electron chi connectivity index (χ4n) is 2.06. The van der Waals surface area contributed by atoms with Crippen LogP contribution in [0.3, 0.4) is 0 Å². The molecule has 0 aromatic heterocycles. The van der Waals surface area contributed by atoms with E-state index in [1.54, 1.807) is 25.1 Å². The molecule has 2 aromatic carbocycles. The van der Waals surface area contributed by atoms with Crippen LogP contribution in [0.4, 0.5) is 10.1 Å². The molecule has 2 N–H and O–H groups in total. The minimum absolute atomic E-state index is 0.193. The average molecular weight is 259 g/mol. The van der Waals surface area contributed by atoms with E-state index in [0.29, 0.717) is 5.56 Å². The first-order chi connectivity index (χ1) is 9.05. The van der Waals surface area contributed by atoms with Crippen LogP contribution in [0.15, 0.2) is 48.5 Å². The van der Waals surface area contributed by atoms with Crippen molar-refractivity contribution in [2.24, 2.45) is 0 Å². The second-order valence-corrected chi connectivity index (χ2v) is 4.96. The van der Waals surface area contributed by atoms with Gasteiger partial charge in [-0.1, -0.05) is 35.9 Å². The fourth-order valence-corrected chi connectivity index (χ4v) is 2.06. The highest BCUT2D eigenvalue weighted by Crippen LogP contribution is 2.27. The van der Waals surface area contributed by atoms with Crippen molar-refractivity contribution in [3.63, 3.8) is 0 Å². The summed E-state index contributed by atoms with van der Waals surface area (Å²) in [4.78, 5) is 0. The number of rotatable bonds is 4. The van der Waals surface area contributed by atoms with Gasteiger partial charge in [0.25, 0.3) is 0 Å². The van der Waals surface area contributed by atoms with Crippen LogP contribution in [0.5, 0.6) is 0 Å². The zero-order valence-corrected chi connectivity index (χ0v) is 11.2. The van der Waals surface area contributed by atoms with Crippen molar-refractivity contribution < 1.29 is 9.50 Å². The molecule has 0 bridgehead atoms. The highest BCUT2D eigenvalue weighted by Gasteiger charge is 2.28. The van der Waals surface area contributed by atoms with Crippen molar-refractivity contribution in [1.29, 1.82) is 0 Å². The van der Waals surface area contributed by atoms with E-state index in [-0.39, 0.29) is 12.4 Å². The Labute approximate surface area is 112 Å². The Bertz CT molecular complexity index is 553. The first-order valence-corrected chi connectivity index (χ1v) is 6.26. The van der Waals surface area contributed by atoms with Crippen LogP contribution in [-0.4, -0.2) is 11.7 Å². The molecule has 0 aliphatic rings. The lowest BCUT2D eigenvalue weighted by molar-refractivity contribution is 0.220. The molecule has 0 radical (unpaired) electrons. The predicted octanol–water partition coefficient (Wildman–Crippen LogP) is 3.45. The SMILES string of the molecule is Cc1ccc(NC(C)(CO)c2ccccc2F)cc1. The van der Waals surface area contributed by atoms with E-state index in [0.717, 1.165) is 11.3 Å². The van der Waals surface area contributed by atoms with E-state index in [9.17, 15) is 9.50 Å². The zero-order chi connectivity index (χ0) is 13.9. The molecule has 0 heterocycles. The lowest BCUT2D eigenvalue weighted by atomic mass is 9.92. The summed E-state index contributed by atoms with van der Waals surface area (Å²) < 4.78 is 13.9. The number of benzene rings is 2. The smallest absolute Gasteiger partial charge is 0.128 e. The van der Waals surface area contributed by atoms with Crippen molar-refractivity contribution in [1.82, 2.24) is 0 Å². The quantitative estimate of drug-likeness (QED) is 0.881. The number of hydrogen-bond donors (Lipinski definition) is 2. The third kappa shape index (κ3) is 2.93. The zero-order valence-electron chi connectivity index (χ0n) is 11.2. The van der Waals surface area contributed by atoms with Crippen LogP contribution in [0.25, 0.3) is 0 Å². The minimum atomic E-state index is -0.847. The van der Waals surface area contributed by atoms with Crippen LogP contribution in [0, 0.1) is 12.7 Å². The van der Waals surface area contributed by atoms with Gasteiger partial charge in [0.15, 0.2) is 0 Å². The Morgan fingerprint density at radius 1 is 1.11 bits per heavy atom. The summed E-state index contributed by atoms with van der Waals surface area (Å²) in [5.41, 5.74) is 1.62. The van der Waals surface area contributed by atoms with Crippen LogP contribution >= 0.6 is 0 Å². The van der Waals surface area contributed by atoms with E-state index in [1.165, 1.54) is 6.07 Å². The van der Waals surface area contributed by atoms with E-state index in [4.69, 9.17) is 0 Å². The number of hydrogen-bond acceptors (Lipinski definition) is 2. The molecule has 1 atom stereocenters. The third-order valence-electron chi connectivity index (χ3n) is 3.26. The maximum absolute atomic E-state index is 13.9. The van der Waals surface area contributed by atoms with Gasteiger partial charge in [0.05, 0.1) is 12.1 Å².